The summed E-state index contributed by atoms with van der Waals surface area (Å²) in [6.45, 7) is 2.27. The Balaban J connectivity index is -0.000000867. The molecule has 0 bridgehead atoms. The van der Waals surface area contributed by atoms with Crippen LogP contribution in [-0.2, 0) is 4.79 Å². The Labute approximate surface area is 183 Å². The van der Waals surface area contributed by atoms with E-state index in [4.69, 9.17) is 20.1 Å². The Kier molecular flexibility index (Phi) is 31.2. The molecule has 0 saturated carbocycles. The van der Waals surface area contributed by atoms with Gasteiger partial charge >= 0.3 is 43.7 Å². The monoisotopic (exact) mass is 384 g/mol. The van der Waals surface area contributed by atoms with E-state index in [2.05, 4.69) is 6.92 Å². The van der Waals surface area contributed by atoms with Crippen molar-refractivity contribution in [3.8, 4) is 0 Å². The van der Waals surface area contributed by atoms with Crippen LogP contribution in [0.5, 0.6) is 0 Å². The van der Waals surface area contributed by atoms with E-state index in [1.807, 2.05) is 0 Å². The van der Waals surface area contributed by atoms with Crippen molar-refractivity contribution in [1.29, 1.82) is 0 Å². The molecule has 0 rings (SSSR count). The zero-order valence-corrected chi connectivity index (χ0v) is 18.3. The van der Waals surface area contributed by atoms with Gasteiger partial charge in [-0.3, -0.25) is 4.79 Å². The Morgan fingerprint density at radius 2 is 0.880 bits per heavy atom. The number of hydrogen-bond acceptors (Lipinski definition) is 4. The molecule has 0 aromatic carbocycles. The van der Waals surface area contributed by atoms with Crippen LogP contribution in [0.4, 0.5) is 4.79 Å². The van der Waals surface area contributed by atoms with Gasteiger partial charge in [-0.15, -0.1) is 0 Å². The minimum absolute atomic E-state index is 0. The maximum Gasteiger partial charge on any atom is 2.00 e. The Hall–Kier alpha value is -0.000260. The second-order valence-electron chi connectivity index (χ2n) is 6.34. The SMILES string of the molecule is CCCCCCCCCCCCCCCCCC(=O)O.O=C([O-])[O-].[Ca+2]. The zero-order chi connectivity index (χ0) is 18.5. The van der Waals surface area contributed by atoms with Crippen molar-refractivity contribution in [2.45, 2.75) is 110 Å². The third kappa shape index (κ3) is 40.2. The van der Waals surface area contributed by atoms with Crippen molar-refractivity contribution in [3.63, 3.8) is 0 Å². The van der Waals surface area contributed by atoms with Gasteiger partial charge < -0.3 is 20.1 Å². The van der Waals surface area contributed by atoms with Crippen LogP contribution in [0.25, 0.3) is 0 Å². The predicted octanol–water partition coefficient (Wildman–Crippen LogP) is 3.50. The van der Waals surface area contributed by atoms with E-state index in [-0.39, 0.29) is 37.7 Å². The molecule has 0 saturated heterocycles. The van der Waals surface area contributed by atoms with Gasteiger partial charge in [0.25, 0.3) is 0 Å². The number of carboxylic acids is 1. The van der Waals surface area contributed by atoms with Crippen molar-refractivity contribution >= 4 is 49.9 Å². The van der Waals surface area contributed by atoms with E-state index in [0.717, 1.165) is 12.8 Å². The molecular weight excluding hydrogens is 348 g/mol. The summed E-state index contributed by atoms with van der Waals surface area (Å²) in [4.78, 5) is 18.7. The maximum absolute atomic E-state index is 10.3. The Morgan fingerprint density at radius 3 is 1.12 bits per heavy atom. The number of carboxylic acid groups (broad SMARTS) is 3. The van der Waals surface area contributed by atoms with Gasteiger partial charge in [-0.05, 0) is 12.6 Å². The molecule has 6 heteroatoms. The van der Waals surface area contributed by atoms with Crippen molar-refractivity contribution in [1.82, 2.24) is 0 Å². The van der Waals surface area contributed by atoms with Gasteiger partial charge in [0, 0.05) is 6.42 Å². The van der Waals surface area contributed by atoms with Crippen LogP contribution in [0.15, 0.2) is 0 Å². The standard InChI is InChI=1S/C18H36O2.CH2O3.Ca/c1-2-3-4-5-6-7-8-9-10-11-12-13-14-15-16-17-18(19)20;2-1(3)4;/h2-17H2,1H3,(H,19,20);(H2,2,3,4);/q;;+2/p-2. The first kappa shape index (κ1) is 29.8. The summed E-state index contributed by atoms with van der Waals surface area (Å²) >= 11 is 0. The fourth-order valence-corrected chi connectivity index (χ4v) is 2.65. The minimum Gasteiger partial charge on any atom is -0.652 e. The van der Waals surface area contributed by atoms with Crippen molar-refractivity contribution in [2.24, 2.45) is 0 Å². The number of hydrogen-bond donors (Lipinski definition) is 1. The number of unbranched alkanes of at least 4 members (excludes halogenated alkanes) is 14. The molecule has 0 amide bonds. The van der Waals surface area contributed by atoms with Crippen LogP contribution in [0.1, 0.15) is 110 Å². The van der Waals surface area contributed by atoms with E-state index in [1.54, 1.807) is 0 Å². The molecule has 0 unspecified atom stereocenters. The van der Waals surface area contributed by atoms with Gasteiger partial charge in [-0.25, -0.2) is 0 Å². The summed E-state index contributed by atoms with van der Waals surface area (Å²) in [6.07, 6.45) is 17.9. The Bertz CT molecular complexity index is 281. The molecule has 0 radical (unpaired) electrons. The average molecular weight is 385 g/mol. The van der Waals surface area contributed by atoms with Crippen LogP contribution in [-0.4, -0.2) is 55.0 Å². The molecule has 144 valence electrons. The third-order valence-corrected chi connectivity index (χ3v) is 3.99. The summed E-state index contributed by atoms with van der Waals surface area (Å²) in [5.41, 5.74) is 0. The van der Waals surface area contributed by atoms with E-state index < -0.39 is 12.1 Å². The molecule has 0 spiro atoms. The molecule has 0 aliphatic carbocycles. The van der Waals surface area contributed by atoms with E-state index in [9.17, 15) is 4.79 Å². The fourth-order valence-electron chi connectivity index (χ4n) is 2.65. The molecule has 0 aromatic heterocycles. The quantitative estimate of drug-likeness (QED) is 0.324. The third-order valence-electron chi connectivity index (χ3n) is 3.99. The Morgan fingerprint density at radius 1 is 0.640 bits per heavy atom. The molecule has 5 nitrogen and oxygen atoms in total. The van der Waals surface area contributed by atoms with E-state index in [0.29, 0.717) is 6.42 Å². The van der Waals surface area contributed by atoms with Crippen molar-refractivity contribution in [3.05, 3.63) is 0 Å². The number of carbonyl (C=O) groups is 2. The smallest absolute Gasteiger partial charge is 0.652 e. The molecule has 1 N–H and O–H groups in total. The normalized spacial score (nSPS) is 9.64. The summed E-state index contributed by atoms with van der Waals surface area (Å²) in [5, 5.41) is 25.2. The molecule has 0 aliphatic rings. The predicted molar refractivity (Wildman–Crippen MR) is 98.3 cm³/mol. The first-order chi connectivity index (χ1) is 11.5. The molecular formula is C19H36CaO5. The first-order valence-electron chi connectivity index (χ1n) is 9.60. The minimum atomic E-state index is -2.33. The molecule has 0 aromatic rings. The number of rotatable bonds is 16. The van der Waals surface area contributed by atoms with Gasteiger partial charge in [0.15, 0.2) is 0 Å². The number of aliphatic carboxylic acids is 1. The van der Waals surface area contributed by atoms with Crippen LogP contribution < -0.4 is 10.2 Å². The van der Waals surface area contributed by atoms with E-state index >= 15 is 0 Å². The van der Waals surface area contributed by atoms with Crippen molar-refractivity contribution in [2.75, 3.05) is 0 Å². The van der Waals surface area contributed by atoms with Gasteiger partial charge in [0.1, 0.15) is 0 Å². The maximum atomic E-state index is 10.3. The molecule has 0 heterocycles. The summed E-state index contributed by atoms with van der Waals surface area (Å²) in [6, 6.07) is 0. The summed E-state index contributed by atoms with van der Waals surface area (Å²) in [5.74, 6) is -0.653. The average Bonchev–Trinajstić information content (AvgIpc) is 2.50. The summed E-state index contributed by atoms with van der Waals surface area (Å²) < 4.78 is 0. The van der Waals surface area contributed by atoms with Crippen LogP contribution in [0.3, 0.4) is 0 Å². The van der Waals surface area contributed by atoms with Gasteiger partial charge in [0.05, 0.1) is 0 Å². The van der Waals surface area contributed by atoms with Gasteiger partial charge in [-0.1, -0.05) is 96.8 Å². The van der Waals surface area contributed by atoms with Gasteiger partial charge in [-0.2, -0.15) is 0 Å². The topological polar surface area (TPSA) is 100 Å². The van der Waals surface area contributed by atoms with E-state index in [1.165, 1.54) is 83.5 Å². The molecule has 0 atom stereocenters. The van der Waals surface area contributed by atoms with Crippen LogP contribution in [0.2, 0.25) is 0 Å². The summed E-state index contributed by atoms with van der Waals surface area (Å²) in [7, 11) is 0. The van der Waals surface area contributed by atoms with Gasteiger partial charge in [0.2, 0.25) is 0 Å². The van der Waals surface area contributed by atoms with Crippen molar-refractivity contribution < 1.29 is 24.9 Å². The molecule has 0 fully saturated rings. The largest absolute Gasteiger partial charge is 2.00 e. The number of carbonyl (C=O) groups excluding carboxylic acids is 1. The zero-order valence-electron chi connectivity index (χ0n) is 16.1. The second-order valence-corrected chi connectivity index (χ2v) is 6.34. The second kappa shape index (κ2) is 26.2. The fraction of sp³-hybridized carbons (Fsp3) is 0.895. The van der Waals surface area contributed by atoms with Crippen LogP contribution >= 0.6 is 0 Å². The molecule has 0 aliphatic heterocycles. The molecule has 25 heavy (non-hydrogen) atoms. The first-order valence-corrected chi connectivity index (χ1v) is 9.60. The van der Waals surface area contributed by atoms with Crippen LogP contribution in [0, 0.1) is 0 Å².